The smallest absolute Gasteiger partial charge is 0.238 e. The third kappa shape index (κ3) is 4.46. The van der Waals surface area contributed by atoms with Crippen molar-refractivity contribution in [2.45, 2.75) is 26.3 Å². The van der Waals surface area contributed by atoms with E-state index >= 15 is 0 Å². The molecule has 1 aromatic carbocycles. The summed E-state index contributed by atoms with van der Waals surface area (Å²) < 4.78 is 0. The number of nitrogen functional groups attached to an aromatic ring is 1. The maximum Gasteiger partial charge on any atom is 0.238 e. The average molecular weight is 290 g/mol. The van der Waals surface area contributed by atoms with E-state index in [2.05, 4.69) is 10.6 Å². The monoisotopic (exact) mass is 290 g/mol. The van der Waals surface area contributed by atoms with Crippen molar-refractivity contribution >= 4 is 23.2 Å². The van der Waals surface area contributed by atoms with E-state index in [4.69, 9.17) is 5.73 Å². The van der Waals surface area contributed by atoms with Crippen molar-refractivity contribution in [1.29, 1.82) is 0 Å². The van der Waals surface area contributed by atoms with Gasteiger partial charge in [-0.25, -0.2) is 0 Å². The summed E-state index contributed by atoms with van der Waals surface area (Å²) in [6, 6.07) is 5.56. The predicted octanol–water partition coefficient (Wildman–Crippen LogP) is 0.726. The van der Waals surface area contributed by atoms with Gasteiger partial charge in [-0.1, -0.05) is 0 Å². The van der Waals surface area contributed by atoms with E-state index in [1.807, 2.05) is 24.0 Å². The van der Waals surface area contributed by atoms with E-state index in [1.165, 1.54) is 6.92 Å². The zero-order chi connectivity index (χ0) is 15.4. The second-order valence-electron chi connectivity index (χ2n) is 5.54. The number of likely N-dealkylation sites (tertiary alicyclic amines) is 1. The third-order valence-electron chi connectivity index (χ3n) is 3.57. The molecular formula is C15H22N4O2. The summed E-state index contributed by atoms with van der Waals surface area (Å²) in [6.07, 6.45) is 0.883. The number of rotatable bonds is 4. The minimum absolute atomic E-state index is 0.0243. The Morgan fingerprint density at radius 2 is 2.19 bits per heavy atom. The van der Waals surface area contributed by atoms with Gasteiger partial charge in [0.05, 0.1) is 6.54 Å². The molecule has 6 nitrogen and oxygen atoms in total. The highest BCUT2D eigenvalue weighted by molar-refractivity contribution is 5.93. The molecule has 0 saturated carbocycles. The zero-order valence-electron chi connectivity index (χ0n) is 12.5. The first-order valence-corrected chi connectivity index (χ1v) is 7.09. The van der Waals surface area contributed by atoms with Gasteiger partial charge in [-0.15, -0.1) is 0 Å². The van der Waals surface area contributed by atoms with Gasteiger partial charge in [-0.05, 0) is 37.1 Å². The van der Waals surface area contributed by atoms with Gasteiger partial charge in [-0.3, -0.25) is 14.5 Å². The SMILES string of the molecule is CC(=O)NC1CCN(CC(=O)Nc2ccc(N)cc2C)C1. The summed E-state index contributed by atoms with van der Waals surface area (Å²) in [4.78, 5) is 25.1. The Morgan fingerprint density at radius 3 is 2.86 bits per heavy atom. The molecular weight excluding hydrogens is 268 g/mol. The fourth-order valence-corrected chi connectivity index (χ4v) is 2.60. The lowest BCUT2D eigenvalue weighted by Crippen LogP contribution is -2.37. The molecule has 1 saturated heterocycles. The van der Waals surface area contributed by atoms with Crippen LogP contribution in [0.4, 0.5) is 11.4 Å². The summed E-state index contributed by atoms with van der Waals surface area (Å²) in [7, 11) is 0. The van der Waals surface area contributed by atoms with Gasteiger partial charge in [0.25, 0.3) is 0 Å². The minimum atomic E-state index is -0.0497. The summed E-state index contributed by atoms with van der Waals surface area (Å²) in [5.41, 5.74) is 8.10. The molecule has 114 valence electrons. The molecule has 0 radical (unpaired) electrons. The molecule has 0 bridgehead atoms. The lowest BCUT2D eigenvalue weighted by molar-refractivity contribution is -0.119. The number of hydrogen-bond donors (Lipinski definition) is 3. The van der Waals surface area contributed by atoms with Crippen LogP contribution in [0.5, 0.6) is 0 Å². The van der Waals surface area contributed by atoms with Crippen LogP contribution in [-0.2, 0) is 9.59 Å². The Kier molecular flexibility index (Phi) is 4.80. The summed E-state index contributed by atoms with van der Waals surface area (Å²) in [5.74, 6) is -0.0739. The normalized spacial score (nSPS) is 18.5. The first kappa shape index (κ1) is 15.3. The Labute approximate surface area is 124 Å². The number of aryl methyl sites for hydroxylation is 1. The molecule has 0 aromatic heterocycles. The first-order chi connectivity index (χ1) is 9.94. The lowest BCUT2D eigenvalue weighted by atomic mass is 10.2. The van der Waals surface area contributed by atoms with Crippen LogP contribution in [0.2, 0.25) is 0 Å². The van der Waals surface area contributed by atoms with E-state index in [1.54, 1.807) is 6.07 Å². The molecule has 4 N–H and O–H groups in total. The summed E-state index contributed by atoms with van der Waals surface area (Å²) in [5, 5.41) is 5.78. The van der Waals surface area contributed by atoms with E-state index < -0.39 is 0 Å². The molecule has 1 aliphatic rings. The van der Waals surface area contributed by atoms with Crippen LogP contribution >= 0.6 is 0 Å². The molecule has 0 aliphatic carbocycles. The fourth-order valence-electron chi connectivity index (χ4n) is 2.60. The molecule has 0 spiro atoms. The van der Waals surface area contributed by atoms with Gasteiger partial charge in [0, 0.05) is 37.4 Å². The maximum absolute atomic E-state index is 12.1. The molecule has 2 rings (SSSR count). The Bertz CT molecular complexity index is 544. The van der Waals surface area contributed by atoms with Crippen molar-refractivity contribution in [3.8, 4) is 0 Å². The highest BCUT2D eigenvalue weighted by atomic mass is 16.2. The van der Waals surface area contributed by atoms with Crippen LogP contribution in [0.25, 0.3) is 0 Å². The van der Waals surface area contributed by atoms with Gasteiger partial charge in [0.15, 0.2) is 0 Å². The van der Waals surface area contributed by atoms with Crippen LogP contribution in [0.15, 0.2) is 18.2 Å². The van der Waals surface area contributed by atoms with Gasteiger partial charge in [0.2, 0.25) is 11.8 Å². The maximum atomic E-state index is 12.1. The van der Waals surface area contributed by atoms with Crippen molar-refractivity contribution in [3.63, 3.8) is 0 Å². The third-order valence-corrected chi connectivity index (χ3v) is 3.57. The highest BCUT2D eigenvalue weighted by Gasteiger charge is 2.24. The molecule has 2 amide bonds. The van der Waals surface area contributed by atoms with Gasteiger partial charge in [-0.2, -0.15) is 0 Å². The van der Waals surface area contributed by atoms with Crippen LogP contribution in [-0.4, -0.2) is 42.4 Å². The number of nitrogens with two attached hydrogens (primary N) is 1. The molecule has 1 heterocycles. The van der Waals surface area contributed by atoms with Crippen LogP contribution in [0, 0.1) is 6.92 Å². The second kappa shape index (κ2) is 6.58. The van der Waals surface area contributed by atoms with Crippen LogP contribution < -0.4 is 16.4 Å². The van der Waals surface area contributed by atoms with E-state index in [-0.39, 0.29) is 17.9 Å². The summed E-state index contributed by atoms with van der Waals surface area (Å²) >= 11 is 0. The second-order valence-corrected chi connectivity index (χ2v) is 5.54. The van der Waals surface area contributed by atoms with Crippen molar-refractivity contribution in [3.05, 3.63) is 23.8 Å². The van der Waals surface area contributed by atoms with Gasteiger partial charge >= 0.3 is 0 Å². The van der Waals surface area contributed by atoms with Crippen molar-refractivity contribution in [2.24, 2.45) is 0 Å². The standard InChI is InChI=1S/C15H22N4O2/c1-10-7-12(16)3-4-14(10)18-15(21)9-19-6-5-13(8-19)17-11(2)20/h3-4,7,13H,5-6,8-9,16H2,1-2H3,(H,17,20)(H,18,21). The highest BCUT2D eigenvalue weighted by Crippen LogP contribution is 2.18. The fraction of sp³-hybridized carbons (Fsp3) is 0.467. The number of anilines is 2. The molecule has 21 heavy (non-hydrogen) atoms. The zero-order valence-corrected chi connectivity index (χ0v) is 12.5. The number of benzene rings is 1. The Balaban J connectivity index is 1.84. The number of carbonyl (C=O) groups excluding carboxylic acids is 2. The lowest BCUT2D eigenvalue weighted by Gasteiger charge is -2.16. The van der Waals surface area contributed by atoms with E-state index in [9.17, 15) is 9.59 Å². The van der Waals surface area contributed by atoms with Crippen LogP contribution in [0.3, 0.4) is 0 Å². The summed E-state index contributed by atoms with van der Waals surface area (Å²) in [6.45, 7) is 5.29. The minimum Gasteiger partial charge on any atom is -0.399 e. The van der Waals surface area contributed by atoms with Crippen molar-refractivity contribution in [2.75, 3.05) is 30.7 Å². The molecule has 1 aromatic rings. The van der Waals surface area contributed by atoms with Crippen molar-refractivity contribution in [1.82, 2.24) is 10.2 Å². The number of nitrogens with one attached hydrogen (secondary N) is 2. The Hall–Kier alpha value is -2.08. The number of hydrogen-bond acceptors (Lipinski definition) is 4. The van der Waals surface area contributed by atoms with Gasteiger partial charge < -0.3 is 16.4 Å². The van der Waals surface area contributed by atoms with Crippen molar-refractivity contribution < 1.29 is 9.59 Å². The largest absolute Gasteiger partial charge is 0.399 e. The van der Waals surface area contributed by atoms with E-state index in [0.29, 0.717) is 18.8 Å². The Morgan fingerprint density at radius 1 is 1.43 bits per heavy atom. The topological polar surface area (TPSA) is 87.5 Å². The quantitative estimate of drug-likeness (QED) is 0.713. The van der Waals surface area contributed by atoms with E-state index in [0.717, 1.165) is 24.2 Å². The van der Waals surface area contributed by atoms with Gasteiger partial charge in [0.1, 0.15) is 0 Å². The molecule has 6 heteroatoms. The average Bonchev–Trinajstić information content (AvgIpc) is 2.79. The van der Waals surface area contributed by atoms with Crippen LogP contribution in [0.1, 0.15) is 18.9 Å². The molecule has 1 aliphatic heterocycles. The predicted molar refractivity (Wildman–Crippen MR) is 82.9 cm³/mol. The first-order valence-electron chi connectivity index (χ1n) is 7.09. The number of amides is 2. The molecule has 1 atom stereocenters. The number of nitrogens with zero attached hydrogens (tertiary/aromatic N) is 1. The molecule has 1 fully saturated rings. The molecule has 1 unspecified atom stereocenters. The number of carbonyl (C=O) groups is 2.